The number of piperidine rings is 1. The number of carbonyl (C=O) groups is 2. The Morgan fingerprint density at radius 1 is 0.889 bits per heavy atom. The lowest BCUT2D eigenvalue weighted by molar-refractivity contribution is 0.0703. The van der Waals surface area contributed by atoms with Gasteiger partial charge in [0.15, 0.2) is 5.65 Å². The Bertz CT molecular complexity index is 1490. The molecule has 4 heterocycles. The van der Waals surface area contributed by atoms with E-state index in [0.29, 0.717) is 41.8 Å². The van der Waals surface area contributed by atoms with E-state index in [9.17, 15) is 14.4 Å². The smallest absolute Gasteiger partial charge is 0.277 e. The third-order valence-corrected chi connectivity index (χ3v) is 7.26. The summed E-state index contributed by atoms with van der Waals surface area (Å²) in [5.41, 5.74) is 3.94. The first-order valence-electron chi connectivity index (χ1n) is 12.4. The second-order valence-corrected chi connectivity index (χ2v) is 9.55. The highest BCUT2D eigenvalue weighted by Crippen LogP contribution is 2.28. The third-order valence-electron chi connectivity index (χ3n) is 7.26. The van der Waals surface area contributed by atoms with Crippen LogP contribution in [0, 0.1) is 0 Å². The fourth-order valence-corrected chi connectivity index (χ4v) is 5.32. The number of nitrogens with zero attached hydrogens (tertiary/aromatic N) is 4. The molecule has 1 N–H and O–H groups in total. The maximum Gasteiger partial charge on any atom is 0.277 e. The predicted molar refractivity (Wildman–Crippen MR) is 135 cm³/mol. The van der Waals surface area contributed by atoms with E-state index < -0.39 is 0 Å². The molecule has 0 radical (unpaired) electrons. The van der Waals surface area contributed by atoms with Crippen molar-refractivity contribution < 1.29 is 9.59 Å². The molecule has 1 atom stereocenters. The molecule has 0 aliphatic carbocycles. The normalized spacial score (nSPS) is 17.7. The van der Waals surface area contributed by atoms with Crippen LogP contribution in [0.25, 0.3) is 5.65 Å². The first-order valence-corrected chi connectivity index (χ1v) is 12.4. The van der Waals surface area contributed by atoms with Crippen molar-refractivity contribution in [2.45, 2.75) is 31.7 Å². The highest BCUT2D eigenvalue weighted by molar-refractivity contribution is 5.94. The number of amides is 2. The van der Waals surface area contributed by atoms with Gasteiger partial charge in [0.25, 0.3) is 17.4 Å². The Hall–Kier alpha value is -4.20. The zero-order valence-electron chi connectivity index (χ0n) is 19.9. The maximum absolute atomic E-state index is 13.4. The minimum atomic E-state index is -0.167. The number of hydrogen-bond acceptors (Lipinski definition) is 4. The lowest BCUT2D eigenvalue weighted by atomic mass is 9.94. The number of rotatable bonds is 3. The number of fused-ring (bicyclic) bond motifs is 2. The van der Waals surface area contributed by atoms with Crippen molar-refractivity contribution in [2.24, 2.45) is 0 Å². The summed E-state index contributed by atoms with van der Waals surface area (Å²) in [6.07, 6.45) is 2.37. The topological polar surface area (TPSA) is 90.8 Å². The molecule has 2 aromatic heterocycles. The standard InChI is InChI=1S/C28H27N5O3/c34-26(19-8-3-1-4-9-19)31-14-7-12-21(17-31)24-16-25-29-23-13-15-32(18-22(23)28(36)33(25)30-24)27(35)20-10-5-2-6-11-20/h1-6,8-11,16,21,30H,7,12-15,17-18H2/t21-/m1/s1. The average Bonchev–Trinajstić information content (AvgIpc) is 3.38. The highest BCUT2D eigenvalue weighted by atomic mass is 16.2. The van der Waals surface area contributed by atoms with Crippen LogP contribution < -0.4 is 5.56 Å². The molecular weight excluding hydrogens is 454 g/mol. The van der Waals surface area contributed by atoms with Crippen LogP contribution in [0.15, 0.2) is 71.5 Å². The van der Waals surface area contributed by atoms with Crippen molar-refractivity contribution in [3.63, 3.8) is 0 Å². The molecule has 8 nitrogen and oxygen atoms in total. The monoisotopic (exact) mass is 481 g/mol. The number of benzene rings is 2. The number of carbonyl (C=O) groups excluding carboxylic acids is 2. The van der Waals surface area contributed by atoms with Gasteiger partial charge in [-0.05, 0) is 37.1 Å². The molecule has 0 bridgehead atoms. The minimum Gasteiger partial charge on any atom is -0.338 e. The van der Waals surface area contributed by atoms with Crippen molar-refractivity contribution in [3.8, 4) is 0 Å². The lowest BCUT2D eigenvalue weighted by Crippen LogP contribution is -2.40. The van der Waals surface area contributed by atoms with Gasteiger partial charge < -0.3 is 9.80 Å². The van der Waals surface area contributed by atoms with E-state index in [1.54, 1.807) is 17.0 Å². The summed E-state index contributed by atoms with van der Waals surface area (Å²) in [6, 6.07) is 20.4. The molecule has 2 aliphatic heterocycles. The SMILES string of the molecule is O=C(c1ccccc1)N1CCc2nc3cc([C@@H]4CCCN(C(=O)c5ccccc5)C4)[nH]n3c(=O)c2C1. The number of hydrogen-bond donors (Lipinski definition) is 1. The van der Waals surface area contributed by atoms with Crippen LogP contribution in [0.3, 0.4) is 0 Å². The summed E-state index contributed by atoms with van der Waals surface area (Å²) in [5, 5.41) is 3.26. The summed E-state index contributed by atoms with van der Waals surface area (Å²) < 4.78 is 1.49. The number of aromatic nitrogens is 3. The molecule has 36 heavy (non-hydrogen) atoms. The number of H-pyrrole nitrogens is 1. The van der Waals surface area contributed by atoms with Gasteiger partial charge in [-0.2, -0.15) is 0 Å². The van der Waals surface area contributed by atoms with Crippen molar-refractivity contribution in [1.82, 2.24) is 24.4 Å². The summed E-state index contributed by atoms with van der Waals surface area (Å²) in [5.74, 6) is 0.0503. The first kappa shape index (κ1) is 22.3. The highest BCUT2D eigenvalue weighted by Gasteiger charge is 2.29. The van der Waals surface area contributed by atoms with E-state index in [1.165, 1.54) is 4.52 Å². The molecule has 182 valence electrons. The van der Waals surface area contributed by atoms with Gasteiger partial charge >= 0.3 is 0 Å². The molecule has 6 rings (SSSR count). The Labute approximate surface area is 208 Å². The number of likely N-dealkylation sites (tertiary alicyclic amines) is 1. The quantitative estimate of drug-likeness (QED) is 0.486. The fraction of sp³-hybridized carbons (Fsp3) is 0.286. The molecule has 2 aliphatic rings. The molecule has 0 spiro atoms. The Morgan fingerprint density at radius 3 is 2.25 bits per heavy atom. The summed E-state index contributed by atoms with van der Waals surface area (Å²) in [7, 11) is 0. The van der Waals surface area contributed by atoms with Gasteiger partial charge in [-0.1, -0.05) is 36.4 Å². The zero-order valence-corrected chi connectivity index (χ0v) is 19.9. The molecular formula is C28H27N5O3. The van der Waals surface area contributed by atoms with Crippen LogP contribution in [-0.2, 0) is 13.0 Å². The van der Waals surface area contributed by atoms with E-state index >= 15 is 0 Å². The van der Waals surface area contributed by atoms with Crippen LogP contribution >= 0.6 is 0 Å². The lowest BCUT2D eigenvalue weighted by Gasteiger charge is -2.32. The van der Waals surface area contributed by atoms with Crippen LogP contribution in [0.2, 0.25) is 0 Å². The second-order valence-electron chi connectivity index (χ2n) is 9.55. The molecule has 2 aromatic carbocycles. The molecule has 4 aromatic rings. The van der Waals surface area contributed by atoms with E-state index in [2.05, 4.69) is 5.10 Å². The van der Waals surface area contributed by atoms with Crippen molar-refractivity contribution in [2.75, 3.05) is 19.6 Å². The average molecular weight is 482 g/mol. The Kier molecular flexibility index (Phi) is 5.64. The first-order chi connectivity index (χ1) is 17.6. The van der Waals surface area contributed by atoms with Crippen LogP contribution in [0.1, 0.15) is 56.4 Å². The summed E-state index contributed by atoms with van der Waals surface area (Å²) in [6.45, 7) is 2.09. The molecule has 1 saturated heterocycles. The van der Waals surface area contributed by atoms with Gasteiger partial charge in [-0.3, -0.25) is 19.5 Å². The summed E-state index contributed by atoms with van der Waals surface area (Å²) >= 11 is 0. The van der Waals surface area contributed by atoms with Crippen molar-refractivity contribution >= 4 is 17.5 Å². The van der Waals surface area contributed by atoms with Crippen molar-refractivity contribution in [1.29, 1.82) is 0 Å². The fourth-order valence-electron chi connectivity index (χ4n) is 5.32. The Morgan fingerprint density at radius 2 is 1.56 bits per heavy atom. The van der Waals surface area contributed by atoms with Gasteiger partial charge in [0, 0.05) is 54.9 Å². The van der Waals surface area contributed by atoms with Gasteiger partial charge in [-0.25, -0.2) is 9.50 Å². The third kappa shape index (κ3) is 3.98. The van der Waals surface area contributed by atoms with Gasteiger partial charge in [0.1, 0.15) is 0 Å². The van der Waals surface area contributed by atoms with Gasteiger partial charge in [0.05, 0.1) is 17.8 Å². The molecule has 2 amide bonds. The van der Waals surface area contributed by atoms with E-state index in [4.69, 9.17) is 4.98 Å². The largest absolute Gasteiger partial charge is 0.338 e. The summed E-state index contributed by atoms with van der Waals surface area (Å²) in [4.78, 5) is 47.7. The van der Waals surface area contributed by atoms with Gasteiger partial charge in [-0.15, -0.1) is 0 Å². The number of nitrogens with one attached hydrogen (secondary N) is 1. The second kappa shape index (κ2) is 9.11. The molecule has 8 heteroatoms. The zero-order chi connectivity index (χ0) is 24.6. The van der Waals surface area contributed by atoms with E-state index in [-0.39, 0.29) is 29.8 Å². The molecule has 0 unspecified atom stereocenters. The molecule has 0 saturated carbocycles. The Balaban J connectivity index is 1.25. The maximum atomic E-state index is 13.4. The predicted octanol–water partition coefficient (Wildman–Crippen LogP) is 3.24. The number of aromatic amines is 1. The van der Waals surface area contributed by atoms with Crippen LogP contribution in [0.5, 0.6) is 0 Å². The van der Waals surface area contributed by atoms with E-state index in [1.807, 2.05) is 59.5 Å². The van der Waals surface area contributed by atoms with E-state index in [0.717, 1.165) is 30.8 Å². The minimum absolute atomic E-state index is 0.0327. The molecule has 1 fully saturated rings. The van der Waals surface area contributed by atoms with Crippen LogP contribution in [-0.4, -0.2) is 55.8 Å². The van der Waals surface area contributed by atoms with Crippen molar-refractivity contribution in [3.05, 3.63) is 105 Å². The van der Waals surface area contributed by atoms with Crippen LogP contribution in [0.4, 0.5) is 0 Å². The van der Waals surface area contributed by atoms with Gasteiger partial charge in [0.2, 0.25) is 0 Å².